The molecule has 0 aliphatic heterocycles. The van der Waals surface area contributed by atoms with Crippen LogP contribution in [0.1, 0.15) is 19.3 Å². The Kier molecular flexibility index (Phi) is 4.98. The summed E-state index contributed by atoms with van der Waals surface area (Å²) in [6.45, 7) is 0. The zero-order valence-corrected chi connectivity index (χ0v) is 7.27. The van der Waals surface area contributed by atoms with Crippen LogP contribution in [0.5, 0.6) is 0 Å². The lowest BCUT2D eigenvalue weighted by Crippen LogP contribution is -2.05. The lowest BCUT2D eigenvalue weighted by molar-refractivity contribution is -0.137. The molecule has 3 N–H and O–H groups in total. The summed E-state index contributed by atoms with van der Waals surface area (Å²) >= 11 is 0. The van der Waals surface area contributed by atoms with Crippen molar-refractivity contribution in [2.24, 2.45) is 0 Å². The summed E-state index contributed by atoms with van der Waals surface area (Å²) in [5.74, 6) is -3.56. The van der Waals surface area contributed by atoms with Gasteiger partial charge in [0.1, 0.15) is 0 Å². The number of rotatable bonds is 6. The highest BCUT2D eigenvalue weighted by atomic mass is 16.4. The molecule has 0 spiro atoms. The molecule has 6 heteroatoms. The van der Waals surface area contributed by atoms with E-state index in [0.29, 0.717) is 0 Å². The first-order valence-electron chi connectivity index (χ1n) is 3.79. The van der Waals surface area contributed by atoms with Gasteiger partial charge in [-0.2, -0.15) is 0 Å². The summed E-state index contributed by atoms with van der Waals surface area (Å²) in [5, 5.41) is 25.1. The molecule has 0 aromatic heterocycles. The number of aliphatic carboxylic acids is 3. The Morgan fingerprint density at radius 1 is 0.929 bits per heavy atom. The van der Waals surface area contributed by atoms with E-state index < -0.39 is 24.3 Å². The topological polar surface area (TPSA) is 112 Å². The fourth-order valence-electron chi connectivity index (χ4n) is 0.748. The lowest BCUT2D eigenvalue weighted by Gasteiger charge is -1.98. The van der Waals surface area contributed by atoms with E-state index in [1.807, 2.05) is 0 Å². The van der Waals surface area contributed by atoms with Crippen LogP contribution in [-0.4, -0.2) is 33.2 Å². The van der Waals surface area contributed by atoms with Crippen LogP contribution in [0.2, 0.25) is 0 Å². The molecule has 0 aliphatic carbocycles. The van der Waals surface area contributed by atoms with Crippen LogP contribution in [0.15, 0.2) is 11.6 Å². The summed E-state index contributed by atoms with van der Waals surface area (Å²) in [5.41, 5.74) is -0.185. The van der Waals surface area contributed by atoms with E-state index in [2.05, 4.69) is 0 Å². The highest BCUT2D eigenvalue weighted by Gasteiger charge is 2.09. The van der Waals surface area contributed by atoms with Gasteiger partial charge in [0.25, 0.3) is 0 Å². The van der Waals surface area contributed by atoms with E-state index in [1.54, 1.807) is 0 Å². The maximum atomic E-state index is 10.5. The molecule has 14 heavy (non-hydrogen) atoms. The summed E-state index contributed by atoms with van der Waals surface area (Å²) in [4.78, 5) is 30.7. The van der Waals surface area contributed by atoms with Crippen molar-refractivity contribution < 1.29 is 29.7 Å². The standard InChI is InChI=1S/C8H10O6/c9-6(10)3-1-5(8(13)14)2-4-7(11)12/h1H,2-4H2,(H,9,10)(H,11,12)(H,13,14)/b5-1-. The summed E-state index contributed by atoms with van der Waals surface area (Å²) < 4.78 is 0. The molecule has 0 bridgehead atoms. The fraction of sp³-hybridized carbons (Fsp3) is 0.375. The minimum Gasteiger partial charge on any atom is -0.481 e. The summed E-state index contributed by atoms with van der Waals surface area (Å²) in [6, 6.07) is 0. The van der Waals surface area contributed by atoms with Crippen molar-refractivity contribution in [1.82, 2.24) is 0 Å². The van der Waals surface area contributed by atoms with Crippen molar-refractivity contribution in [2.45, 2.75) is 19.3 Å². The third-order valence-electron chi connectivity index (χ3n) is 1.41. The van der Waals surface area contributed by atoms with Crippen LogP contribution >= 0.6 is 0 Å². The van der Waals surface area contributed by atoms with Crippen molar-refractivity contribution in [2.75, 3.05) is 0 Å². The number of hydrogen-bond acceptors (Lipinski definition) is 3. The van der Waals surface area contributed by atoms with Crippen molar-refractivity contribution >= 4 is 17.9 Å². The molecule has 0 atom stereocenters. The number of hydrogen-bond donors (Lipinski definition) is 3. The molecule has 0 fully saturated rings. The molecule has 0 saturated carbocycles. The van der Waals surface area contributed by atoms with Gasteiger partial charge in [0.15, 0.2) is 0 Å². The Morgan fingerprint density at radius 3 is 1.86 bits per heavy atom. The molecule has 0 aromatic rings. The molecule has 78 valence electrons. The summed E-state index contributed by atoms with van der Waals surface area (Å²) in [6.07, 6.45) is 0.102. The van der Waals surface area contributed by atoms with E-state index in [9.17, 15) is 14.4 Å². The quantitative estimate of drug-likeness (QED) is 0.535. The van der Waals surface area contributed by atoms with E-state index in [-0.39, 0.29) is 18.4 Å². The van der Waals surface area contributed by atoms with Crippen LogP contribution < -0.4 is 0 Å². The van der Waals surface area contributed by atoms with Gasteiger partial charge >= 0.3 is 17.9 Å². The van der Waals surface area contributed by atoms with E-state index in [0.717, 1.165) is 6.08 Å². The average molecular weight is 202 g/mol. The molecule has 0 saturated heterocycles. The fourth-order valence-corrected chi connectivity index (χ4v) is 0.748. The van der Waals surface area contributed by atoms with Gasteiger partial charge in [-0.3, -0.25) is 9.59 Å². The highest BCUT2D eigenvalue weighted by Crippen LogP contribution is 2.06. The second-order valence-electron chi connectivity index (χ2n) is 2.53. The van der Waals surface area contributed by atoms with Crippen LogP contribution in [0.25, 0.3) is 0 Å². The van der Waals surface area contributed by atoms with Gasteiger partial charge in [-0.15, -0.1) is 0 Å². The molecule has 6 nitrogen and oxygen atoms in total. The molecule has 0 aliphatic rings. The normalized spacial score (nSPS) is 11.0. The largest absolute Gasteiger partial charge is 0.481 e. The van der Waals surface area contributed by atoms with Crippen LogP contribution in [0, 0.1) is 0 Å². The summed E-state index contributed by atoms with van der Waals surface area (Å²) in [7, 11) is 0. The molecule has 0 heterocycles. The molecule has 0 unspecified atom stereocenters. The first-order valence-corrected chi connectivity index (χ1v) is 3.79. The van der Waals surface area contributed by atoms with Crippen molar-refractivity contribution in [1.29, 1.82) is 0 Å². The minimum absolute atomic E-state index is 0.169. The molecule has 0 amide bonds. The Morgan fingerprint density at radius 2 is 1.50 bits per heavy atom. The lowest BCUT2D eigenvalue weighted by atomic mass is 10.1. The van der Waals surface area contributed by atoms with Crippen LogP contribution in [0.4, 0.5) is 0 Å². The number of carboxylic acids is 3. The van der Waals surface area contributed by atoms with Crippen molar-refractivity contribution in [3.63, 3.8) is 0 Å². The van der Waals surface area contributed by atoms with Gasteiger partial charge in [-0.25, -0.2) is 4.79 Å². The van der Waals surface area contributed by atoms with E-state index in [4.69, 9.17) is 15.3 Å². The Labute approximate surface area is 79.5 Å². The molecule has 0 aromatic carbocycles. The smallest absolute Gasteiger partial charge is 0.331 e. The van der Waals surface area contributed by atoms with Gasteiger partial charge in [0.05, 0.1) is 6.42 Å². The van der Waals surface area contributed by atoms with Gasteiger partial charge in [-0.1, -0.05) is 6.08 Å². The van der Waals surface area contributed by atoms with Crippen molar-refractivity contribution in [3.05, 3.63) is 11.6 Å². The third kappa shape index (κ3) is 5.76. The number of carboxylic acid groups (broad SMARTS) is 3. The van der Waals surface area contributed by atoms with Crippen molar-refractivity contribution in [3.8, 4) is 0 Å². The van der Waals surface area contributed by atoms with Crippen LogP contribution in [0.3, 0.4) is 0 Å². The third-order valence-corrected chi connectivity index (χ3v) is 1.41. The second kappa shape index (κ2) is 5.74. The maximum absolute atomic E-state index is 10.5. The minimum atomic E-state index is -1.28. The molecular weight excluding hydrogens is 192 g/mol. The van der Waals surface area contributed by atoms with Gasteiger partial charge in [-0.05, 0) is 6.42 Å². The zero-order valence-electron chi connectivity index (χ0n) is 7.27. The Bertz CT molecular complexity index is 278. The Balaban J connectivity index is 4.29. The van der Waals surface area contributed by atoms with E-state index >= 15 is 0 Å². The van der Waals surface area contributed by atoms with Crippen LogP contribution in [-0.2, 0) is 14.4 Å². The first kappa shape index (κ1) is 12.2. The predicted molar refractivity (Wildman–Crippen MR) is 44.8 cm³/mol. The second-order valence-corrected chi connectivity index (χ2v) is 2.53. The Hall–Kier alpha value is -1.85. The van der Waals surface area contributed by atoms with Gasteiger partial charge in [0, 0.05) is 12.0 Å². The predicted octanol–water partition coefficient (Wildman–Crippen LogP) is 0.337. The van der Waals surface area contributed by atoms with Gasteiger partial charge < -0.3 is 15.3 Å². The number of carbonyl (C=O) groups is 3. The zero-order chi connectivity index (χ0) is 11.1. The molecular formula is C8H10O6. The van der Waals surface area contributed by atoms with E-state index in [1.165, 1.54) is 0 Å². The molecule has 0 radical (unpaired) electrons. The molecule has 0 rings (SSSR count). The SMILES string of the molecule is O=C(O)C/C=C(/CCC(=O)O)C(=O)O. The monoisotopic (exact) mass is 202 g/mol. The highest BCUT2D eigenvalue weighted by molar-refractivity contribution is 5.88. The van der Waals surface area contributed by atoms with Gasteiger partial charge in [0.2, 0.25) is 0 Å². The average Bonchev–Trinajstić information content (AvgIpc) is 2.02. The maximum Gasteiger partial charge on any atom is 0.331 e. The first-order chi connectivity index (χ1) is 6.43.